The Kier molecular flexibility index (Phi) is 14.4. The molecule has 2 heteroatoms. The highest BCUT2D eigenvalue weighted by Crippen LogP contribution is 2.13. The maximum Gasteiger partial charge on any atom is 0.246 e. The third-order valence-electron chi connectivity index (χ3n) is 3.50. The third-order valence-corrected chi connectivity index (χ3v) is 3.83. The van der Waals surface area contributed by atoms with Crippen LogP contribution in [0.5, 0.6) is 0 Å². The summed E-state index contributed by atoms with van der Waals surface area (Å²) in [7, 11) is 3.15. The van der Waals surface area contributed by atoms with Gasteiger partial charge in [0.25, 0.3) is 0 Å². The number of rotatable bonds is 13. The molecule has 0 spiro atoms. The first-order valence-electron chi connectivity index (χ1n) is 7.67. The summed E-state index contributed by atoms with van der Waals surface area (Å²) in [6, 6.07) is 0. The molecule has 0 rings (SSSR count). The molecule has 0 heterocycles. The topological polar surface area (TPSA) is 9.23 Å². The lowest BCUT2D eigenvalue weighted by molar-refractivity contribution is 0.200. The fourth-order valence-electron chi connectivity index (χ4n) is 2.21. The number of hydrogen-bond donors (Lipinski definition) is 0. The highest BCUT2D eigenvalue weighted by atomic mass is 28.2. The second-order valence-corrected chi connectivity index (χ2v) is 5.35. The average Bonchev–Trinajstić information content (AvgIpc) is 2.36. The molecule has 1 atom stereocenters. The van der Waals surface area contributed by atoms with Crippen LogP contribution < -0.4 is 0 Å². The van der Waals surface area contributed by atoms with Gasteiger partial charge in [-0.15, -0.1) is 0 Å². The molecule has 0 aromatic heterocycles. The second-order valence-electron chi connectivity index (χ2n) is 5.12. The molecule has 0 aromatic rings. The highest BCUT2D eigenvalue weighted by Gasteiger charge is 2.02. The van der Waals surface area contributed by atoms with E-state index >= 15 is 0 Å². The zero-order valence-electron chi connectivity index (χ0n) is 12.0. The van der Waals surface area contributed by atoms with Crippen LogP contribution in [0.15, 0.2) is 0 Å². The van der Waals surface area contributed by atoms with Crippen molar-refractivity contribution in [2.45, 2.75) is 97.0 Å². The van der Waals surface area contributed by atoms with Crippen LogP contribution in [0, 0.1) is 0 Å². The molecule has 0 aliphatic carbocycles. The SMILES string of the molecule is CCCCCCCCCCCCC(CC)O[Si]. The van der Waals surface area contributed by atoms with Gasteiger partial charge < -0.3 is 4.43 Å². The van der Waals surface area contributed by atoms with Gasteiger partial charge in [0.2, 0.25) is 10.5 Å². The van der Waals surface area contributed by atoms with Crippen molar-refractivity contribution in [3.63, 3.8) is 0 Å². The van der Waals surface area contributed by atoms with Crippen molar-refractivity contribution in [1.82, 2.24) is 0 Å². The lowest BCUT2D eigenvalue weighted by Gasteiger charge is -2.12. The average molecular weight is 255 g/mol. The van der Waals surface area contributed by atoms with E-state index in [2.05, 4.69) is 24.3 Å². The Morgan fingerprint density at radius 1 is 0.765 bits per heavy atom. The Morgan fingerprint density at radius 2 is 1.24 bits per heavy atom. The van der Waals surface area contributed by atoms with E-state index in [0.717, 1.165) is 6.42 Å². The van der Waals surface area contributed by atoms with Crippen LogP contribution in [-0.4, -0.2) is 16.6 Å². The molecule has 1 unspecified atom stereocenters. The molecule has 0 saturated heterocycles. The van der Waals surface area contributed by atoms with Gasteiger partial charge in [-0.3, -0.25) is 0 Å². The first-order chi connectivity index (χ1) is 8.35. The van der Waals surface area contributed by atoms with Crippen molar-refractivity contribution in [3.8, 4) is 0 Å². The minimum absolute atomic E-state index is 0.417. The fraction of sp³-hybridized carbons (Fsp3) is 1.00. The molecule has 1 nitrogen and oxygen atoms in total. The van der Waals surface area contributed by atoms with Crippen LogP contribution in [0.1, 0.15) is 90.9 Å². The van der Waals surface area contributed by atoms with Crippen molar-refractivity contribution < 1.29 is 4.43 Å². The summed E-state index contributed by atoms with van der Waals surface area (Å²) in [5, 5.41) is 0. The first kappa shape index (κ1) is 17.2. The number of unbranched alkanes of at least 4 members (excludes halogenated alkanes) is 9. The standard InChI is InChI=1S/C15H31OSi/c1-3-5-6-7-8-9-10-11-12-13-14-15(4-2)16-17/h15H,3-14H2,1-2H3. The Labute approximate surface area is 112 Å². The van der Waals surface area contributed by atoms with Crippen LogP contribution in [0.3, 0.4) is 0 Å². The summed E-state index contributed by atoms with van der Waals surface area (Å²) in [5.74, 6) is 0. The number of hydrogen-bond acceptors (Lipinski definition) is 1. The summed E-state index contributed by atoms with van der Waals surface area (Å²) in [4.78, 5) is 0. The highest BCUT2D eigenvalue weighted by molar-refractivity contribution is 5.98. The first-order valence-corrected chi connectivity index (χ1v) is 8.08. The molecule has 3 radical (unpaired) electrons. The maximum absolute atomic E-state index is 5.19. The molecule has 0 fully saturated rings. The normalized spacial score (nSPS) is 12.9. The van der Waals surface area contributed by atoms with Crippen LogP contribution >= 0.6 is 0 Å². The monoisotopic (exact) mass is 255 g/mol. The van der Waals surface area contributed by atoms with E-state index in [1.165, 1.54) is 70.6 Å². The smallest absolute Gasteiger partial charge is 0.246 e. The Morgan fingerprint density at radius 3 is 1.65 bits per heavy atom. The quantitative estimate of drug-likeness (QED) is 0.326. The fourth-order valence-corrected chi connectivity index (χ4v) is 2.49. The minimum Gasteiger partial charge on any atom is -0.416 e. The van der Waals surface area contributed by atoms with E-state index in [1.54, 1.807) is 0 Å². The molecule has 0 N–H and O–H groups in total. The molecule has 17 heavy (non-hydrogen) atoms. The van der Waals surface area contributed by atoms with E-state index < -0.39 is 0 Å². The van der Waals surface area contributed by atoms with Gasteiger partial charge in [-0.1, -0.05) is 78.1 Å². The van der Waals surface area contributed by atoms with Gasteiger partial charge in [0.1, 0.15) is 0 Å². The van der Waals surface area contributed by atoms with Gasteiger partial charge in [0.15, 0.2) is 0 Å². The van der Waals surface area contributed by atoms with Gasteiger partial charge in [-0.05, 0) is 12.8 Å². The Balaban J connectivity index is 3.03. The van der Waals surface area contributed by atoms with E-state index in [9.17, 15) is 0 Å². The van der Waals surface area contributed by atoms with Gasteiger partial charge >= 0.3 is 0 Å². The predicted molar refractivity (Wildman–Crippen MR) is 77.4 cm³/mol. The predicted octanol–water partition coefficient (Wildman–Crippen LogP) is 5.18. The molecule has 0 amide bonds. The summed E-state index contributed by atoms with van der Waals surface area (Å²) < 4.78 is 5.19. The van der Waals surface area contributed by atoms with Crippen LogP contribution in [-0.2, 0) is 4.43 Å². The van der Waals surface area contributed by atoms with Crippen LogP contribution in [0.2, 0.25) is 0 Å². The van der Waals surface area contributed by atoms with Gasteiger partial charge in [-0.25, -0.2) is 0 Å². The van der Waals surface area contributed by atoms with Crippen molar-refractivity contribution in [3.05, 3.63) is 0 Å². The summed E-state index contributed by atoms with van der Waals surface area (Å²) in [6.07, 6.45) is 16.8. The van der Waals surface area contributed by atoms with Crippen LogP contribution in [0.25, 0.3) is 0 Å². The van der Waals surface area contributed by atoms with Crippen LogP contribution in [0.4, 0.5) is 0 Å². The summed E-state index contributed by atoms with van der Waals surface area (Å²) >= 11 is 0. The second kappa shape index (κ2) is 14.2. The van der Waals surface area contributed by atoms with E-state index in [0.29, 0.717) is 6.10 Å². The van der Waals surface area contributed by atoms with E-state index in [1.807, 2.05) is 0 Å². The lowest BCUT2D eigenvalue weighted by Crippen LogP contribution is -2.09. The van der Waals surface area contributed by atoms with Crippen molar-refractivity contribution in [2.75, 3.05) is 0 Å². The lowest BCUT2D eigenvalue weighted by atomic mass is 10.0. The zero-order chi connectivity index (χ0) is 12.8. The largest absolute Gasteiger partial charge is 0.416 e. The van der Waals surface area contributed by atoms with Crippen molar-refractivity contribution >= 4 is 10.5 Å². The Hall–Kier alpha value is 0.177. The van der Waals surface area contributed by atoms with E-state index in [4.69, 9.17) is 4.43 Å². The zero-order valence-corrected chi connectivity index (χ0v) is 13.0. The Bertz CT molecular complexity index is 135. The minimum atomic E-state index is 0.417. The molecule has 0 aliphatic rings. The molecular formula is C15H31OSi. The summed E-state index contributed by atoms with van der Waals surface area (Å²) in [6.45, 7) is 4.46. The molecular weight excluding hydrogens is 224 g/mol. The maximum atomic E-state index is 5.19. The third kappa shape index (κ3) is 12.4. The van der Waals surface area contributed by atoms with Crippen molar-refractivity contribution in [1.29, 1.82) is 0 Å². The molecule has 0 saturated carbocycles. The van der Waals surface area contributed by atoms with E-state index in [-0.39, 0.29) is 0 Å². The van der Waals surface area contributed by atoms with Gasteiger partial charge in [0, 0.05) is 6.10 Å². The molecule has 0 aliphatic heterocycles. The summed E-state index contributed by atoms with van der Waals surface area (Å²) in [5.41, 5.74) is 0. The molecule has 0 aromatic carbocycles. The van der Waals surface area contributed by atoms with Gasteiger partial charge in [0.05, 0.1) is 0 Å². The van der Waals surface area contributed by atoms with Gasteiger partial charge in [-0.2, -0.15) is 0 Å². The molecule has 0 bridgehead atoms. The van der Waals surface area contributed by atoms with Crippen molar-refractivity contribution in [2.24, 2.45) is 0 Å². The molecule has 101 valence electrons.